The van der Waals surface area contributed by atoms with Crippen LogP contribution in [-0.4, -0.2) is 29.6 Å². The molecule has 2 heterocycles. The fourth-order valence-electron chi connectivity index (χ4n) is 2.66. The zero-order valence-corrected chi connectivity index (χ0v) is 14.4. The first-order chi connectivity index (χ1) is 11.4. The third-order valence-corrected chi connectivity index (χ3v) is 6.39. The largest absolute Gasteiger partial charge is 0.416 e. The van der Waals surface area contributed by atoms with Crippen LogP contribution in [0.25, 0.3) is 0 Å². The lowest BCUT2D eigenvalue weighted by molar-refractivity contribution is -0.137. The van der Waals surface area contributed by atoms with Gasteiger partial charge in [0, 0.05) is 34.5 Å². The molecule has 0 radical (unpaired) electrons. The van der Waals surface area contributed by atoms with Crippen LogP contribution in [0.1, 0.15) is 32.5 Å². The van der Waals surface area contributed by atoms with Crippen LogP contribution in [0.4, 0.5) is 13.2 Å². The zero-order valence-electron chi connectivity index (χ0n) is 12.8. The van der Waals surface area contributed by atoms with E-state index >= 15 is 0 Å². The van der Waals surface area contributed by atoms with Crippen molar-refractivity contribution >= 4 is 29.0 Å². The summed E-state index contributed by atoms with van der Waals surface area (Å²) in [6, 6.07) is 8.59. The summed E-state index contributed by atoms with van der Waals surface area (Å²) in [7, 11) is 0. The number of nitrogens with zero attached hydrogens (tertiary/aromatic N) is 1. The van der Waals surface area contributed by atoms with Crippen molar-refractivity contribution in [1.29, 1.82) is 0 Å². The molecular weight excluding hydrogens is 355 g/mol. The molecule has 1 amide bonds. The smallest absolute Gasteiger partial charge is 0.338 e. The highest BCUT2D eigenvalue weighted by Gasteiger charge is 2.30. The van der Waals surface area contributed by atoms with E-state index in [1.54, 1.807) is 16.2 Å². The van der Waals surface area contributed by atoms with Crippen LogP contribution in [0, 0.1) is 0 Å². The van der Waals surface area contributed by atoms with Crippen molar-refractivity contribution in [1.82, 2.24) is 4.90 Å². The fraction of sp³-hybridized carbons (Fsp3) is 0.353. The highest BCUT2D eigenvalue weighted by Crippen LogP contribution is 2.37. The molecular formula is C17H16F3NOS2. The third kappa shape index (κ3) is 3.95. The van der Waals surface area contributed by atoms with Gasteiger partial charge < -0.3 is 4.90 Å². The number of thiophene rings is 1. The van der Waals surface area contributed by atoms with E-state index in [1.165, 1.54) is 17.0 Å². The lowest BCUT2D eigenvalue weighted by Gasteiger charge is -2.20. The summed E-state index contributed by atoms with van der Waals surface area (Å²) in [5, 5.41) is 2.43. The highest BCUT2D eigenvalue weighted by molar-refractivity contribution is 7.99. The lowest BCUT2D eigenvalue weighted by Crippen LogP contribution is -2.33. The van der Waals surface area contributed by atoms with Crippen molar-refractivity contribution in [3.63, 3.8) is 0 Å². The second kappa shape index (κ2) is 7.19. The quantitative estimate of drug-likeness (QED) is 0.733. The molecule has 1 saturated heterocycles. The van der Waals surface area contributed by atoms with E-state index in [2.05, 4.69) is 6.07 Å². The third-order valence-electron chi connectivity index (χ3n) is 3.95. The molecule has 0 bridgehead atoms. The Hall–Kier alpha value is -1.47. The van der Waals surface area contributed by atoms with Gasteiger partial charge in [-0.15, -0.1) is 11.3 Å². The molecule has 2 nitrogen and oxygen atoms in total. The molecule has 1 aliphatic heterocycles. The molecule has 1 fully saturated rings. The van der Waals surface area contributed by atoms with Gasteiger partial charge >= 0.3 is 6.18 Å². The first kappa shape index (κ1) is 17.4. The van der Waals surface area contributed by atoms with Gasteiger partial charge in [-0.25, -0.2) is 0 Å². The molecule has 3 rings (SSSR count). The van der Waals surface area contributed by atoms with Crippen molar-refractivity contribution in [2.75, 3.05) is 18.8 Å². The SMILES string of the molecule is O=C(c1ccc(C(F)(F)F)cc1)N1CCSC(c2cccs2)CC1. The molecule has 1 atom stereocenters. The van der Waals surface area contributed by atoms with Crippen LogP contribution in [0.5, 0.6) is 0 Å². The maximum absolute atomic E-state index is 12.6. The Morgan fingerprint density at radius 3 is 2.50 bits per heavy atom. The minimum absolute atomic E-state index is 0.198. The molecule has 24 heavy (non-hydrogen) atoms. The Bertz CT molecular complexity index is 683. The molecule has 2 aromatic rings. The van der Waals surface area contributed by atoms with Gasteiger partial charge in [0.25, 0.3) is 5.91 Å². The summed E-state index contributed by atoms with van der Waals surface area (Å²) >= 11 is 3.55. The number of carbonyl (C=O) groups is 1. The lowest BCUT2D eigenvalue weighted by atomic mass is 10.1. The average molecular weight is 371 g/mol. The standard InChI is InChI=1S/C17H16F3NOS2/c18-17(19,20)13-5-3-12(4-6-13)16(22)21-8-7-15(24-11-9-21)14-2-1-10-23-14/h1-6,10,15H,7-9,11H2. The van der Waals surface area contributed by atoms with Gasteiger partial charge in [-0.1, -0.05) is 6.07 Å². The molecule has 1 aliphatic rings. The summed E-state index contributed by atoms with van der Waals surface area (Å²) in [6.07, 6.45) is -3.52. The van der Waals surface area contributed by atoms with E-state index in [-0.39, 0.29) is 5.91 Å². The second-order valence-corrected chi connectivity index (χ2v) is 7.82. The van der Waals surface area contributed by atoms with E-state index < -0.39 is 11.7 Å². The molecule has 7 heteroatoms. The van der Waals surface area contributed by atoms with Gasteiger partial charge in [0.15, 0.2) is 0 Å². The van der Waals surface area contributed by atoms with Gasteiger partial charge in [0.05, 0.1) is 5.56 Å². The predicted octanol–water partition coefficient (Wildman–Crippen LogP) is 5.09. The number of hydrogen-bond donors (Lipinski definition) is 0. The number of amides is 1. The van der Waals surface area contributed by atoms with Crippen molar-refractivity contribution < 1.29 is 18.0 Å². The number of benzene rings is 1. The minimum Gasteiger partial charge on any atom is -0.338 e. The van der Waals surface area contributed by atoms with E-state index in [1.807, 2.05) is 23.2 Å². The summed E-state index contributed by atoms with van der Waals surface area (Å²) in [5.41, 5.74) is -0.425. The van der Waals surface area contributed by atoms with Crippen LogP contribution in [0.3, 0.4) is 0 Å². The fourth-order valence-corrected chi connectivity index (χ4v) is 4.90. The number of carbonyl (C=O) groups excluding carboxylic acids is 1. The van der Waals surface area contributed by atoms with Gasteiger partial charge in [-0.2, -0.15) is 24.9 Å². The molecule has 0 saturated carbocycles. The normalized spacial score (nSPS) is 19.1. The van der Waals surface area contributed by atoms with Crippen LogP contribution in [0.2, 0.25) is 0 Å². The van der Waals surface area contributed by atoms with Crippen molar-refractivity contribution in [2.24, 2.45) is 0 Å². The highest BCUT2D eigenvalue weighted by atomic mass is 32.2. The summed E-state index contributed by atoms with van der Waals surface area (Å²) < 4.78 is 37.8. The molecule has 1 unspecified atom stereocenters. The molecule has 0 aliphatic carbocycles. The molecule has 0 spiro atoms. The van der Waals surface area contributed by atoms with Crippen molar-refractivity contribution in [2.45, 2.75) is 17.8 Å². The topological polar surface area (TPSA) is 20.3 Å². The number of rotatable bonds is 2. The summed E-state index contributed by atoms with van der Waals surface area (Å²) in [6.45, 7) is 1.24. The summed E-state index contributed by atoms with van der Waals surface area (Å²) in [4.78, 5) is 15.6. The molecule has 1 aromatic heterocycles. The second-order valence-electron chi connectivity index (χ2n) is 5.53. The van der Waals surface area contributed by atoms with Crippen molar-refractivity contribution in [3.05, 3.63) is 57.8 Å². The Morgan fingerprint density at radius 2 is 1.88 bits per heavy atom. The minimum atomic E-state index is -4.38. The van der Waals surface area contributed by atoms with E-state index in [0.29, 0.717) is 23.9 Å². The monoisotopic (exact) mass is 371 g/mol. The maximum atomic E-state index is 12.6. The van der Waals surface area contributed by atoms with E-state index in [9.17, 15) is 18.0 Å². The average Bonchev–Trinajstić information content (AvgIpc) is 2.98. The van der Waals surface area contributed by atoms with Crippen molar-refractivity contribution in [3.8, 4) is 0 Å². The number of thioether (sulfide) groups is 1. The number of halogens is 3. The number of hydrogen-bond acceptors (Lipinski definition) is 3. The molecule has 1 aromatic carbocycles. The van der Waals surface area contributed by atoms with Gasteiger partial charge in [-0.05, 0) is 42.1 Å². The first-order valence-corrected chi connectivity index (χ1v) is 9.49. The Morgan fingerprint density at radius 1 is 1.12 bits per heavy atom. The van der Waals surface area contributed by atoms with Gasteiger partial charge in [0.1, 0.15) is 0 Å². The predicted molar refractivity (Wildman–Crippen MR) is 91.5 cm³/mol. The Labute approximate surface area is 146 Å². The molecule has 0 N–H and O–H groups in total. The number of alkyl halides is 3. The molecule has 128 valence electrons. The zero-order chi connectivity index (χ0) is 17.2. The van der Waals surface area contributed by atoms with E-state index in [4.69, 9.17) is 0 Å². The van der Waals surface area contributed by atoms with E-state index in [0.717, 1.165) is 24.3 Å². The first-order valence-electron chi connectivity index (χ1n) is 7.56. The Kier molecular flexibility index (Phi) is 5.20. The maximum Gasteiger partial charge on any atom is 0.416 e. The van der Waals surface area contributed by atoms with Gasteiger partial charge in [-0.3, -0.25) is 4.79 Å². The summed E-state index contributed by atoms with van der Waals surface area (Å²) in [5.74, 6) is 0.630. The van der Waals surface area contributed by atoms with Crippen LogP contribution < -0.4 is 0 Å². The van der Waals surface area contributed by atoms with Gasteiger partial charge in [0.2, 0.25) is 0 Å². The Balaban J connectivity index is 1.67. The van der Waals surface area contributed by atoms with Crippen LogP contribution >= 0.6 is 23.1 Å². The van der Waals surface area contributed by atoms with Crippen LogP contribution in [0.15, 0.2) is 41.8 Å². The van der Waals surface area contributed by atoms with Crippen LogP contribution in [-0.2, 0) is 6.18 Å².